The third-order valence-corrected chi connectivity index (χ3v) is 7.57. The van der Waals surface area contributed by atoms with Crippen LogP contribution in [-0.4, -0.2) is 27.1 Å². The van der Waals surface area contributed by atoms with Gasteiger partial charge >= 0.3 is 0 Å². The van der Waals surface area contributed by atoms with Gasteiger partial charge in [0.15, 0.2) is 0 Å². The average Bonchev–Trinajstić information content (AvgIpc) is 3.09. The maximum Gasteiger partial charge on any atom is 0.220 e. The molecule has 0 saturated carbocycles. The van der Waals surface area contributed by atoms with Crippen molar-refractivity contribution in [2.24, 2.45) is 5.92 Å². The molecule has 0 aliphatic carbocycles. The van der Waals surface area contributed by atoms with Gasteiger partial charge in [0, 0.05) is 33.6 Å². The number of hydrogen-bond acceptors (Lipinski definition) is 4. The first kappa shape index (κ1) is 18.3. The minimum absolute atomic E-state index is 0.246. The summed E-state index contributed by atoms with van der Waals surface area (Å²) in [5.41, 5.74) is 6.72. The Balaban J connectivity index is 1.56. The van der Waals surface area contributed by atoms with Gasteiger partial charge in [-0.3, -0.25) is 0 Å². The van der Waals surface area contributed by atoms with Gasteiger partial charge in [0.2, 0.25) is 5.88 Å². The molecule has 150 valence electrons. The van der Waals surface area contributed by atoms with Gasteiger partial charge in [0.25, 0.3) is 0 Å². The Hall–Kier alpha value is -2.50. The lowest BCUT2D eigenvalue weighted by molar-refractivity contribution is 0.205. The highest BCUT2D eigenvalue weighted by Gasteiger charge is 2.41. The van der Waals surface area contributed by atoms with Crippen molar-refractivity contribution in [3.05, 3.63) is 75.9 Å². The number of thioether (sulfide) groups is 1. The van der Waals surface area contributed by atoms with E-state index in [2.05, 4.69) is 38.1 Å². The van der Waals surface area contributed by atoms with E-state index < -0.39 is 0 Å². The van der Waals surface area contributed by atoms with Gasteiger partial charge in [0.05, 0.1) is 23.5 Å². The highest BCUT2D eigenvalue weighted by molar-refractivity contribution is 7.99. The molecule has 2 aliphatic heterocycles. The molecular weight excluding hydrogens is 414 g/mol. The molecular formula is C24H20ClN3OS. The predicted octanol–water partition coefficient (Wildman–Crippen LogP) is 5.94. The van der Waals surface area contributed by atoms with Gasteiger partial charge in [-0.1, -0.05) is 35.9 Å². The Morgan fingerprint density at radius 2 is 2.00 bits per heavy atom. The third-order valence-electron chi connectivity index (χ3n) is 6.14. The monoisotopic (exact) mass is 433 g/mol. The summed E-state index contributed by atoms with van der Waals surface area (Å²) in [5.74, 6) is 2.49. The smallest absolute Gasteiger partial charge is 0.220 e. The number of aromatic nitrogens is 3. The van der Waals surface area contributed by atoms with Crippen LogP contribution in [0.1, 0.15) is 28.3 Å². The largest absolute Gasteiger partial charge is 0.477 e. The van der Waals surface area contributed by atoms with Crippen molar-refractivity contribution >= 4 is 34.3 Å². The Morgan fingerprint density at radius 1 is 1.13 bits per heavy atom. The van der Waals surface area contributed by atoms with E-state index in [1.807, 2.05) is 40.7 Å². The van der Waals surface area contributed by atoms with E-state index in [1.165, 1.54) is 22.1 Å². The highest BCUT2D eigenvalue weighted by Crippen LogP contribution is 2.51. The quantitative estimate of drug-likeness (QED) is 0.372. The lowest BCUT2D eigenvalue weighted by atomic mass is 9.80. The van der Waals surface area contributed by atoms with Gasteiger partial charge in [-0.2, -0.15) is 5.10 Å². The minimum Gasteiger partial charge on any atom is -0.477 e. The van der Waals surface area contributed by atoms with Crippen LogP contribution >= 0.6 is 23.4 Å². The fourth-order valence-corrected chi connectivity index (χ4v) is 6.09. The van der Waals surface area contributed by atoms with E-state index >= 15 is 0 Å². The first-order valence-electron chi connectivity index (χ1n) is 10.1. The van der Waals surface area contributed by atoms with Crippen LogP contribution < -0.4 is 4.74 Å². The molecule has 4 aromatic rings. The van der Waals surface area contributed by atoms with Crippen molar-refractivity contribution in [1.82, 2.24) is 14.8 Å². The molecule has 2 aromatic heterocycles. The molecule has 0 saturated heterocycles. The Kier molecular flexibility index (Phi) is 4.12. The molecule has 2 aromatic carbocycles. The molecule has 4 heterocycles. The molecule has 6 rings (SSSR count). The first-order valence-corrected chi connectivity index (χ1v) is 11.5. The van der Waals surface area contributed by atoms with Crippen molar-refractivity contribution in [2.45, 2.75) is 24.8 Å². The summed E-state index contributed by atoms with van der Waals surface area (Å²) in [6.45, 7) is 4.89. The third kappa shape index (κ3) is 2.69. The molecule has 0 fully saturated rings. The summed E-state index contributed by atoms with van der Waals surface area (Å²) in [6.07, 6.45) is 0. The van der Waals surface area contributed by atoms with Crippen LogP contribution in [0, 0.1) is 19.8 Å². The molecule has 0 N–H and O–H groups in total. The second kappa shape index (κ2) is 6.76. The number of para-hydroxylation sites is 1. The van der Waals surface area contributed by atoms with Gasteiger partial charge < -0.3 is 4.74 Å². The van der Waals surface area contributed by atoms with Gasteiger partial charge in [-0.25, -0.2) is 9.67 Å². The van der Waals surface area contributed by atoms with Gasteiger partial charge in [0.1, 0.15) is 5.03 Å². The molecule has 6 heteroatoms. The SMILES string of the molecule is Cc1nn(-c2cccc(Cl)c2)c2c1[C@@H]1c3cc4cccc(C)c4nc3SC[C@@H]1CO2. The molecule has 0 bridgehead atoms. The van der Waals surface area contributed by atoms with Crippen LogP contribution in [0.25, 0.3) is 16.6 Å². The van der Waals surface area contributed by atoms with Crippen LogP contribution in [0.4, 0.5) is 0 Å². The number of nitrogens with zero attached hydrogens (tertiary/aromatic N) is 3. The minimum atomic E-state index is 0.246. The summed E-state index contributed by atoms with van der Waals surface area (Å²) < 4.78 is 8.18. The van der Waals surface area contributed by atoms with Crippen LogP contribution in [0.5, 0.6) is 5.88 Å². The number of fused-ring (bicyclic) bond motifs is 6. The number of rotatable bonds is 1. The lowest BCUT2D eigenvalue weighted by Gasteiger charge is -2.36. The van der Waals surface area contributed by atoms with Gasteiger partial charge in [-0.15, -0.1) is 11.8 Å². The highest BCUT2D eigenvalue weighted by atomic mass is 35.5. The number of hydrogen-bond donors (Lipinski definition) is 0. The lowest BCUT2D eigenvalue weighted by Crippen LogP contribution is -2.32. The summed E-state index contributed by atoms with van der Waals surface area (Å²) in [6, 6.07) is 16.5. The summed E-state index contributed by atoms with van der Waals surface area (Å²) in [5, 5.41) is 7.88. The second-order valence-electron chi connectivity index (χ2n) is 8.09. The summed E-state index contributed by atoms with van der Waals surface area (Å²) >= 11 is 8.09. The fraction of sp³-hybridized carbons (Fsp3) is 0.250. The van der Waals surface area contributed by atoms with E-state index in [4.69, 9.17) is 26.4 Å². The van der Waals surface area contributed by atoms with E-state index in [-0.39, 0.29) is 5.92 Å². The molecule has 0 spiro atoms. The maximum absolute atomic E-state index is 6.28. The number of halogens is 1. The Bertz CT molecular complexity index is 1320. The number of aryl methyl sites for hydroxylation is 2. The van der Waals surface area contributed by atoms with Crippen LogP contribution in [-0.2, 0) is 0 Å². The van der Waals surface area contributed by atoms with Crippen LogP contribution in [0.2, 0.25) is 5.02 Å². The Morgan fingerprint density at radius 3 is 2.87 bits per heavy atom. The zero-order valence-corrected chi connectivity index (χ0v) is 18.3. The number of benzene rings is 2. The number of ether oxygens (including phenoxy) is 1. The first-order chi connectivity index (χ1) is 14.6. The second-order valence-corrected chi connectivity index (χ2v) is 9.53. The maximum atomic E-state index is 6.28. The van der Waals surface area contributed by atoms with Crippen molar-refractivity contribution in [3.63, 3.8) is 0 Å². The van der Waals surface area contributed by atoms with Crippen molar-refractivity contribution < 1.29 is 4.74 Å². The van der Waals surface area contributed by atoms with E-state index in [0.717, 1.165) is 33.6 Å². The molecule has 2 atom stereocenters. The summed E-state index contributed by atoms with van der Waals surface area (Å²) in [7, 11) is 0. The van der Waals surface area contributed by atoms with E-state index in [9.17, 15) is 0 Å². The van der Waals surface area contributed by atoms with Crippen molar-refractivity contribution in [1.29, 1.82) is 0 Å². The van der Waals surface area contributed by atoms with Crippen molar-refractivity contribution in [2.75, 3.05) is 12.4 Å². The molecule has 2 aliphatic rings. The predicted molar refractivity (Wildman–Crippen MR) is 121 cm³/mol. The standard InChI is InChI=1S/C24H20ClN3OS/c1-13-5-3-6-15-9-19-21-16(12-30-23(19)26-22(13)15)11-29-24-20(21)14(2)27-28(24)18-8-4-7-17(25)10-18/h3-10,16,21H,11-12H2,1-2H3/t16-,21-/m0/s1. The topological polar surface area (TPSA) is 39.9 Å². The summed E-state index contributed by atoms with van der Waals surface area (Å²) in [4.78, 5) is 5.06. The fourth-order valence-electron chi connectivity index (χ4n) is 4.74. The number of pyridine rings is 1. The molecule has 0 radical (unpaired) electrons. The van der Waals surface area contributed by atoms with E-state index in [0.29, 0.717) is 17.5 Å². The normalized spacial score (nSPS) is 19.7. The molecule has 30 heavy (non-hydrogen) atoms. The van der Waals surface area contributed by atoms with Crippen molar-refractivity contribution in [3.8, 4) is 11.6 Å². The molecule has 0 unspecified atom stereocenters. The van der Waals surface area contributed by atoms with Crippen LogP contribution in [0.15, 0.2) is 53.6 Å². The molecule has 4 nitrogen and oxygen atoms in total. The van der Waals surface area contributed by atoms with Gasteiger partial charge in [-0.05, 0) is 49.2 Å². The van der Waals surface area contributed by atoms with Crippen LogP contribution in [0.3, 0.4) is 0 Å². The zero-order chi connectivity index (χ0) is 20.4. The Labute approximate surface area is 184 Å². The zero-order valence-electron chi connectivity index (χ0n) is 16.7. The van der Waals surface area contributed by atoms with E-state index in [1.54, 1.807) is 0 Å². The molecule has 0 amide bonds. The average molecular weight is 434 g/mol.